The molecule has 0 saturated heterocycles. The standard InChI is InChI=1S/C18H26N2O2/c1-11-9-13(3)16(10-12(11)2)14(4)19-17(21)18(22)20-15-7-5-6-8-15/h9-10,14-15H,5-8H2,1-4H3,(H,19,21)(H,20,22)/t14-/m1/s1. The monoisotopic (exact) mass is 302 g/mol. The highest BCUT2D eigenvalue weighted by atomic mass is 16.2. The van der Waals surface area contributed by atoms with Crippen molar-refractivity contribution in [1.82, 2.24) is 10.6 Å². The number of aryl methyl sites for hydroxylation is 3. The van der Waals surface area contributed by atoms with Crippen molar-refractivity contribution in [3.8, 4) is 0 Å². The van der Waals surface area contributed by atoms with E-state index < -0.39 is 11.8 Å². The number of carbonyl (C=O) groups is 2. The van der Waals surface area contributed by atoms with Gasteiger partial charge in [0, 0.05) is 6.04 Å². The molecule has 1 fully saturated rings. The van der Waals surface area contributed by atoms with Gasteiger partial charge in [-0.3, -0.25) is 9.59 Å². The maximum atomic E-state index is 12.1. The van der Waals surface area contributed by atoms with Crippen molar-refractivity contribution < 1.29 is 9.59 Å². The molecular weight excluding hydrogens is 276 g/mol. The number of nitrogens with one attached hydrogen (secondary N) is 2. The molecular formula is C18H26N2O2. The molecule has 0 radical (unpaired) electrons. The van der Waals surface area contributed by atoms with Gasteiger partial charge in [-0.25, -0.2) is 0 Å². The number of hydrogen-bond donors (Lipinski definition) is 2. The van der Waals surface area contributed by atoms with Crippen LogP contribution in [0, 0.1) is 20.8 Å². The molecule has 2 rings (SSSR count). The van der Waals surface area contributed by atoms with E-state index in [9.17, 15) is 9.59 Å². The molecule has 1 aliphatic rings. The van der Waals surface area contributed by atoms with Crippen molar-refractivity contribution in [3.63, 3.8) is 0 Å². The van der Waals surface area contributed by atoms with Crippen LogP contribution in [0.3, 0.4) is 0 Å². The van der Waals surface area contributed by atoms with Crippen molar-refractivity contribution in [1.29, 1.82) is 0 Å². The van der Waals surface area contributed by atoms with Gasteiger partial charge in [-0.1, -0.05) is 25.0 Å². The molecule has 22 heavy (non-hydrogen) atoms. The molecule has 0 spiro atoms. The third-order valence-corrected chi connectivity index (χ3v) is 4.59. The van der Waals surface area contributed by atoms with Crippen molar-refractivity contribution >= 4 is 11.8 Å². The molecule has 1 saturated carbocycles. The van der Waals surface area contributed by atoms with Crippen LogP contribution in [-0.2, 0) is 9.59 Å². The Kier molecular flexibility index (Phi) is 5.22. The summed E-state index contributed by atoms with van der Waals surface area (Å²) in [5.41, 5.74) is 4.62. The zero-order valence-electron chi connectivity index (χ0n) is 14.0. The molecule has 1 atom stereocenters. The molecule has 0 heterocycles. The summed E-state index contributed by atoms with van der Waals surface area (Å²) in [6.45, 7) is 8.07. The van der Waals surface area contributed by atoms with Crippen LogP contribution in [0.15, 0.2) is 12.1 Å². The van der Waals surface area contributed by atoms with Gasteiger partial charge in [0.1, 0.15) is 0 Å². The Hall–Kier alpha value is -1.84. The van der Waals surface area contributed by atoms with E-state index in [1.807, 2.05) is 13.8 Å². The highest BCUT2D eigenvalue weighted by molar-refractivity contribution is 6.35. The maximum Gasteiger partial charge on any atom is 0.309 e. The lowest BCUT2D eigenvalue weighted by Crippen LogP contribution is -2.44. The van der Waals surface area contributed by atoms with Crippen LogP contribution >= 0.6 is 0 Å². The second kappa shape index (κ2) is 6.95. The quantitative estimate of drug-likeness (QED) is 0.844. The number of carbonyl (C=O) groups excluding carboxylic acids is 2. The van der Waals surface area contributed by atoms with Crippen molar-refractivity contribution in [2.24, 2.45) is 0 Å². The number of benzene rings is 1. The molecule has 120 valence electrons. The summed E-state index contributed by atoms with van der Waals surface area (Å²) < 4.78 is 0. The third kappa shape index (κ3) is 3.87. The fourth-order valence-corrected chi connectivity index (χ4v) is 3.11. The van der Waals surface area contributed by atoms with E-state index in [1.54, 1.807) is 0 Å². The lowest BCUT2D eigenvalue weighted by Gasteiger charge is -2.19. The van der Waals surface area contributed by atoms with Gasteiger partial charge >= 0.3 is 11.8 Å². The molecule has 4 nitrogen and oxygen atoms in total. The molecule has 1 aromatic rings. The summed E-state index contributed by atoms with van der Waals surface area (Å²) in [6, 6.07) is 4.19. The first-order valence-electron chi connectivity index (χ1n) is 8.07. The summed E-state index contributed by atoms with van der Waals surface area (Å²) in [5, 5.41) is 5.63. The largest absolute Gasteiger partial charge is 0.345 e. The average molecular weight is 302 g/mol. The molecule has 0 aromatic heterocycles. The Labute approximate surface area is 132 Å². The first-order chi connectivity index (χ1) is 10.4. The molecule has 4 heteroatoms. The molecule has 0 unspecified atom stereocenters. The smallest absolute Gasteiger partial charge is 0.309 e. The Bertz CT molecular complexity index is 575. The van der Waals surface area contributed by atoms with E-state index in [1.165, 1.54) is 11.1 Å². The summed E-state index contributed by atoms with van der Waals surface area (Å²) in [5.74, 6) is -1.06. The highest BCUT2D eigenvalue weighted by Gasteiger charge is 2.23. The van der Waals surface area contributed by atoms with Crippen molar-refractivity contribution in [3.05, 3.63) is 34.4 Å². The Morgan fingerprint density at radius 3 is 2.23 bits per heavy atom. The van der Waals surface area contributed by atoms with Gasteiger partial charge in [0.15, 0.2) is 0 Å². The van der Waals surface area contributed by atoms with Gasteiger partial charge in [-0.15, -0.1) is 0 Å². The fraction of sp³-hybridized carbons (Fsp3) is 0.556. The predicted octanol–water partition coefficient (Wildman–Crippen LogP) is 2.85. The molecule has 1 aliphatic carbocycles. The first kappa shape index (κ1) is 16.5. The second-order valence-corrected chi connectivity index (χ2v) is 6.44. The average Bonchev–Trinajstić information content (AvgIpc) is 2.95. The van der Waals surface area contributed by atoms with E-state index in [4.69, 9.17) is 0 Å². The minimum Gasteiger partial charge on any atom is -0.345 e. The predicted molar refractivity (Wildman–Crippen MR) is 87.6 cm³/mol. The third-order valence-electron chi connectivity index (χ3n) is 4.59. The van der Waals surface area contributed by atoms with E-state index >= 15 is 0 Å². The van der Waals surface area contributed by atoms with Crippen molar-refractivity contribution in [2.45, 2.75) is 65.5 Å². The van der Waals surface area contributed by atoms with Crippen LogP contribution < -0.4 is 10.6 Å². The van der Waals surface area contributed by atoms with Crippen LogP contribution in [-0.4, -0.2) is 17.9 Å². The topological polar surface area (TPSA) is 58.2 Å². The van der Waals surface area contributed by atoms with Crippen LogP contribution in [0.5, 0.6) is 0 Å². The summed E-state index contributed by atoms with van der Waals surface area (Å²) in [6.07, 6.45) is 4.21. The number of amides is 2. The van der Waals surface area contributed by atoms with Gasteiger partial charge < -0.3 is 10.6 Å². The number of rotatable bonds is 3. The summed E-state index contributed by atoms with van der Waals surface area (Å²) >= 11 is 0. The molecule has 0 aliphatic heterocycles. The second-order valence-electron chi connectivity index (χ2n) is 6.44. The van der Waals surface area contributed by atoms with Crippen LogP contribution in [0.1, 0.15) is 60.9 Å². The summed E-state index contributed by atoms with van der Waals surface area (Å²) in [7, 11) is 0. The highest BCUT2D eigenvalue weighted by Crippen LogP contribution is 2.21. The normalized spacial score (nSPS) is 16.4. The van der Waals surface area contributed by atoms with E-state index in [0.717, 1.165) is 36.8 Å². The Balaban J connectivity index is 1.98. The lowest BCUT2D eigenvalue weighted by atomic mass is 9.96. The zero-order chi connectivity index (χ0) is 16.3. The molecule has 2 amide bonds. The van der Waals surface area contributed by atoms with Crippen LogP contribution in [0.25, 0.3) is 0 Å². The summed E-state index contributed by atoms with van der Waals surface area (Å²) in [4.78, 5) is 24.0. The van der Waals surface area contributed by atoms with Crippen molar-refractivity contribution in [2.75, 3.05) is 0 Å². The van der Waals surface area contributed by atoms with E-state index in [2.05, 4.69) is 36.6 Å². The minimum absolute atomic E-state index is 0.164. The van der Waals surface area contributed by atoms with Gasteiger partial charge in [0.25, 0.3) is 0 Å². The van der Waals surface area contributed by atoms with Gasteiger partial charge in [0.05, 0.1) is 6.04 Å². The van der Waals surface area contributed by atoms with E-state index in [0.29, 0.717) is 0 Å². The molecule has 1 aromatic carbocycles. The van der Waals surface area contributed by atoms with Gasteiger partial charge in [0.2, 0.25) is 0 Å². The first-order valence-corrected chi connectivity index (χ1v) is 8.07. The minimum atomic E-state index is -0.544. The van der Waals surface area contributed by atoms with Crippen LogP contribution in [0.2, 0.25) is 0 Å². The lowest BCUT2D eigenvalue weighted by molar-refractivity contribution is -0.140. The maximum absolute atomic E-state index is 12.1. The Morgan fingerprint density at radius 2 is 1.59 bits per heavy atom. The molecule has 2 N–H and O–H groups in total. The van der Waals surface area contributed by atoms with Gasteiger partial charge in [-0.05, 0) is 62.8 Å². The molecule has 0 bridgehead atoms. The number of hydrogen-bond acceptors (Lipinski definition) is 2. The Morgan fingerprint density at radius 1 is 1.00 bits per heavy atom. The van der Waals surface area contributed by atoms with Crippen LogP contribution in [0.4, 0.5) is 0 Å². The van der Waals surface area contributed by atoms with Gasteiger partial charge in [-0.2, -0.15) is 0 Å². The van der Waals surface area contributed by atoms with E-state index in [-0.39, 0.29) is 12.1 Å². The fourth-order valence-electron chi connectivity index (χ4n) is 3.11. The zero-order valence-corrected chi connectivity index (χ0v) is 14.0. The SMILES string of the molecule is Cc1cc(C)c([C@@H](C)NC(=O)C(=O)NC2CCCC2)cc1C.